The highest BCUT2D eigenvalue weighted by Gasteiger charge is 2.07. The van der Waals surface area contributed by atoms with Crippen LogP contribution in [-0.4, -0.2) is 6.26 Å². The van der Waals surface area contributed by atoms with Gasteiger partial charge in [0.2, 0.25) is 0 Å². The summed E-state index contributed by atoms with van der Waals surface area (Å²) in [6, 6.07) is 13.1. The molecule has 3 aromatic rings. The topological polar surface area (TPSA) is 30.2 Å². The van der Waals surface area contributed by atoms with Crippen LogP contribution in [0.2, 0.25) is 0 Å². The highest BCUT2D eigenvalue weighted by molar-refractivity contribution is 7.98. The third-order valence-corrected chi connectivity index (χ3v) is 3.81. The first-order valence-electron chi connectivity index (χ1n) is 6.05. The first-order chi connectivity index (χ1) is 9.67. The van der Waals surface area contributed by atoms with E-state index < -0.39 is 5.82 Å². The molecule has 0 saturated heterocycles. The summed E-state index contributed by atoms with van der Waals surface area (Å²) in [7, 11) is 0. The molecule has 3 rings (SSSR count). The minimum atomic E-state index is -0.443. The van der Waals surface area contributed by atoms with E-state index in [1.165, 1.54) is 24.3 Å². The second-order valence-electron chi connectivity index (χ2n) is 4.34. The van der Waals surface area contributed by atoms with Crippen molar-refractivity contribution in [3.8, 4) is 11.3 Å². The summed E-state index contributed by atoms with van der Waals surface area (Å²) in [4.78, 5) is 13.2. The molecule has 0 spiro atoms. The molecule has 4 heteroatoms. The van der Waals surface area contributed by atoms with Crippen molar-refractivity contribution in [2.45, 2.75) is 4.90 Å². The zero-order chi connectivity index (χ0) is 14.1. The van der Waals surface area contributed by atoms with Gasteiger partial charge in [-0.2, -0.15) is 0 Å². The molecule has 1 aromatic heterocycles. The lowest BCUT2D eigenvalue weighted by molar-refractivity contribution is 0.608. The molecule has 0 bridgehead atoms. The van der Waals surface area contributed by atoms with Crippen molar-refractivity contribution in [3.63, 3.8) is 0 Å². The molecule has 2 nitrogen and oxygen atoms in total. The molecule has 2 aromatic carbocycles. The van der Waals surface area contributed by atoms with Gasteiger partial charge in [0.15, 0.2) is 5.43 Å². The third-order valence-electron chi connectivity index (χ3n) is 3.06. The van der Waals surface area contributed by atoms with Gasteiger partial charge < -0.3 is 4.42 Å². The van der Waals surface area contributed by atoms with E-state index in [2.05, 4.69) is 0 Å². The van der Waals surface area contributed by atoms with Crippen molar-refractivity contribution < 1.29 is 8.81 Å². The lowest BCUT2D eigenvalue weighted by atomic mass is 10.1. The smallest absolute Gasteiger partial charge is 0.193 e. The van der Waals surface area contributed by atoms with Crippen LogP contribution in [0.15, 0.2) is 62.6 Å². The Kier molecular flexibility index (Phi) is 3.32. The quantitative estimate of drug-likeness (QED) is 0.657. The van der Waals surface area contributed by atoms with Crippen molar-refractivity contribution in [1.29, 1.82) is 0 Å². The van der Waals surface area contributed by atoms with Crippen LogP contribution in [0.25, 0.3) is 22.3 Å². The highest BCUT2D eigenvalue weighted by atomic mass is 32.2. The Morgan fingerprint density at radius 2 is 1.80 bits per heavy atom. The van der Waals surface area contributed by atoms with E-state index in [9.17, 15) is 9.18 Å². The van der Waals surface area contributed by atoms with Crippen LogP contribution >= 0.6 is 11.8 Å². The SMILES string of the molecule is CSc1ccc(-c2cc(=O)c3cc(F)ccc3o2)cc1. The average Bonchev–Trinajstić information content (AvgIpc) is 2.48. The zero-order valence-corrected chi connectivity index (χ0v) is 11.5. The van der Waals surface area contributed by atoms with Crippen LogP contribution in [0.4, 0.5) is 4.39 Å². The molecule has 0 aliphatic rings. The number of halogens is 1. The summed E-state index contributed by atoms with van der Waals surface area (Å²) in [5.74, 6) is 0.0450. The fourth-order valence-electron chi connectivity index (χ4n) is 2.03. The van der Waals surface area contributed by atoms with Gasteiger partial charge in [0.25, 0.3) is 0 Å². The van der Waals surface area contributed by atoms with Gasteiger partial charge in [-0.1, -0.05) is 12.1 Å². The van der Waals surface area contributed by atoms with E-state index in [0.29, 0.717) is 11.3 Å². The second-order valence-corrected chi connectivity index (χ2v) is 5.22. The monoisotopic (exact) mass is 286 g/mol. The lowest BCUT2D eigenvalue weighted by Crippen LogP contribution is -2.00. The molecule has 0 saturated carbocycles. The Morgan fingerprint density at radius 1 is 1.05 bits per heavy atom. The fourth-order valence-corrected chi connectivity index (χ4v) is 2.43. The first kappa shape index (κ1) is 12.9. The van der Waals surface area contributed by atoms with Crippen molar-refractivity contribution >= 4 is 22.7 Å². The largest absolute Gasteiger partial charge is 0.456 e. The van der Waals surface area contributed by atoms with E-state index in [1.54, 1.807) is 11.8 Å². The van der Waals surface area contributed by atoms with Gasteiger partial charge in [0.1, 0.15) is 17.2 Å². The van der Waals surface area contributed by atoms with Gasteiger partial charge in [0, 0.05) is 16.5 Å². The molecule has 0 aliphatic carbocycles. The second kappa shape index (κ2) is 5.13. The fraction of sp³-hybridized carbons (Fsp3) is 0.0625. The molecule has 0 atom stereocenters. The van der Waals surface area contributed by atoms with E-state index in [1.807, 2.05) is 30.5 Å². The average molecular weight is 286 g/mol. The maximum Gasteiger partial charge on any atom is 0.193 e. The summed E-state index contributed by atoms with van der Waals surface area (Å²) >= 11 is 1.65. The summed E-state index contributed by atoms with van der Waals surface area (Å²) in [6.07, 6.45) is 2.00. The van der Waals surface area contributed by atoms with Crippen LogP contribution in [0.5, 0.6) is 0 Å². The minimum Gasteiger partial charge on any atom is -0.456 e. The van der Waals surface area contributed by atoms with Gasteiger partial charge in [-0.3, -0.25) is 4.79 Å². The maximum atomic E-state index is 13.1. The first-order valence-corrected chi connectivity index (χ1v) is 7.28. The number of fused-ring (bicyclic) bond motifs is 1. The molecule has 0 radical (unpaired) electrons. The van der Waals surface area contributed by atoms with Crippen molar-refractivity contribution in [2.24, 2.45) is 0 Å². The van der Waals surface area contributed by atoms with Crippen LogP contribution < -0.4 is 5.43 Å². The summed E-state index contributed by atoms with van der Waals surface area (Å²) in [6.45, 7) is 0. The van der Waals surface area contributed by atoms with Crippen molar-refractivity contribution in [2.75, 3.05) is 6.26 Å². The molecule has 0 unspecified atom stereocenters. The van der Waals surface area contributed by atoms with E-state index in [0.717, 1.165) is 10.5 Å². The minimum absolute atomic E-state index is 0.241. The Morgan fingerprint density at radius 3 is 2.50 bits per heavy atom. The van der Waals surface area contributed by atoms with Crippen LogP contribution in [-0.2, 0) is 0 Å². The van der Waals surface area contributed by atoms with E-state index >= 15 is 0 Å². The lowest BCUT2D eigenvalue weighted by Gasteiger charge is -2.04. The Balaban J connectivity index is 2.16. The van der Waals surface area contributed by atoms with Gasteiger partial charge >= 0.3 is 0 Å². The Bertz CT molecular complexity index is 822. The van der Waals surface area contributed by atoms with E-state index in [4.69, 9.17) is 4.42 Å². The Hall–Kier alpha value is -2.07. The molecule has 1 heterocycles. The molecular weight excluding hydrogens is 275 g/mol. The van der Waals surface area contributed by atoms with Gasteiger partial charge in [-0.15, -0.1) is 11.8 Å². The normalized spacial score (nSPS) is 10.9. The van der Waals surface area contributed by atoms with Crippen molar-refractivity contribution in [3.05, 3.63) is 64.6 Å². The van der Waals surface area contributed by atoms with Gasteiger partial charge in [-0.05, 0) is 36.6 Å². The number of hydrogen-bond donors (Lipinski definition) is 0. The predicted octanol–water partition coefficient (Wildman–Crippen LogP) is 4.32. The molecule has 0 aliphatic heterocycles. The summed E-state index contributed by atoms with van der Waals surface area (Å²) < 4.78 is 18.8. The molecule has 0 N–H and O–H groups in total. The molecule has 20 heavy (non-hydrogen) atoms. The van der Waals surface area contributed by atoms with Crippen LogP contribution in [0.1, 0.15) is 0 Å². The standard InChI is InChI=1S/C16H11FO2S/c1-20-12-5-2-10(3-6-12)16-9-14(18)13-8-11(17)4-7-15(13)19-16/h2-9H,1H3. The zero-order valence-electron chi connectivity index (χ0n) is 10.7. The maximum absolute atomic E-state index is 13.1. The van der Waals surface area contributed by atoms with Gasteiger partial charge in [0.05, 0.1) is 5.39 Å². The van der Waals surface area contributed by atoms with Crippen LogP contribution in [0, 0.1) is 5.82 Å². The predicted molar refractivity (Wildman–Crippen MR) is 79.7 cm³/mol. The molecule has 0 amide bonds. The number of benzene rings is 2. The van der Waals surface area contributed by atoms with E-state index in [-0.39, 0.29) is 10.8 Å². The molecule has 100 valence electrons. The summed E-state index contributed by atoms with van der Waals surface area (Å²) in [5, 5.41) is 0.259. The van der Waals surface area contributed by atoms with Crippen molar-refractivity contribution in [1.82, 2.24) is 0 Å². The summed E-state index contributed by atoms with van der Waals surface area (Å²) in [5.41, 5.74) is 0.976. The Labute approximate surface area is 119 Å². The van der Waals surface area contributed by atoms with Crippen LogP contribution in [0.3, 0.4) is 0 Å². The highest BCUT2D eigenvalue weighted by Crippen LogP contribution is 2.24. The van der Waals surface area contributed by atoms with Gasteiger partial charge in [-0.25, -0.2) is 4.39 Å². The number of hydrogen-bond acceptors (Lipinski definition) is 3. The molecule has 0 fully saturated rings. The third kappa shape index (κ3) is 2.34. The number of thioether (sulfide) groups is 1. The number of rotatable bonds is 2. The molecular formula is C16H11FO2S.